The number of carboxylic acid groups (broad SMARTS) is 1. The summed E-state index contributed by atoms with van der Waals surface area (Å²) in [4.78, 5) is 24.1. The van der Waals surface area contributed by atoms with Gasteiger partial charge in [-0.3, -0.25) is 4.79 Å². The summed E-state index contributed by atoms with van der Waals surface area (Å²) >= 11 is 0. The second-order valence-corrected chi connectivity index (χ2v) is 3.89. The molecule has 0 radical (unpaired) electrons. The van der Waals surface area contributed by atoms with Crippen LogP contribution in [0.3, 0.4) is 0 Å². The summed E-state index contributed by atoms with van der Waals surface area (Å²) in [5.74, 6) is -1.17. The molecule has 1 rings (SSSR count). The summed E-state index contributed by atoms with van der Waals surface area (Å²) in [6.07, 6.45) is 0. The Labute approximate surface area is 105 Å². The van der Waals surface area contributed by atoms with Gasteiger partial charge in [-0.2, -0.15) is 0 Å². The van der Waals surface area contributed by atoms with Crippen LogP contribution in [-0.2, 0) is 4.79 Å². The number of carbonyl (C=O) groups is 2. The van der Waals surface area contributed by atoms with Gasteiger partial charge >= 0.3 is 5.97 Å². The van der Waals surface area contributed by atoms with Gasteiger partial charge in [0, 0.05) is 12.7 Å². The van der Waals surface area contributed by atoms with Crippen LogP contribution in [0.1, 0.15) is 17.3 Å². The third-order valence-corrected chi connectivity index (χ3v) is 2.71. The van der Waals surface area contributed by atoms with Crippen LogP contribution in [0, 0.1) is 0 Å². The Morgan fingerprint density at radius 1 is 1.44 bits per heavy atom. The maximum atomic E-state index is 12.1. The minimum atomic E-state index is -1.08. The molecule has 0 aliphatic heterocycles. The van der Waals surface area contributed by atoms with Crippen molar-refractivity contribution in [3.05, 3.63) is 23.8 Å². The molecule has 3 N–H and O–H groups in total. The highest BCUT2D eigenvalue weighted by molar-refractivity contribution is 5.99. The van der Waals surface area contributed by atoms with Crippen LogP contribution >= 0.6 is 0 Å². The fourth-order valence-corrected chi connectivity index (χ4v) is 1.42. The number of carboxylic acids is 1. The summed E-state index contributed by atoms with van der Waals surface area (Å²) in [5, 5.41) is 8.88. The first-order valence-electron chi connectivity index (χ1n) is 5.32. The second kappa shape index (κ2) is 5.39. The van der Waals surface area contributed by atoms with Gasteiger partial charge in [-0.1, -0.05) is 0 Å². The standard InChI is InChI=1S/C12H16N2O4/c1-7(12(16)17)14(2)11(15)9-6-8(13)4-5-10(9)18-3/h4-7H,13H2,1-3H3,(H,16,17)/t7-/m0/s1. The van der Waals surface area contributed by atoms with Gasteiger partial charge in [0.1, 0.15) is 11.8 Å². The van der Waals surface area contributed by atoms with E-state index >= 15 is 0 Å². The molecule has 18 heavy (non-hydrogen) atoms. The number of nitrogens with zero attached hydrogens (tertiary/aromatic N) is 1. The largest absolute Gasteiger partial charge is 0.496 e. The van der Waals surface area contributed by atoms with E-state index in [4.69, 9.17) is 15.6 Å². The molecule has 0 aliphatic carbocycles. The van der Waals surface area contributed by atoms with Crippen molar-refractivity contribution in [1.29, 1.82) is 0 Å². The van der Waals surface area contributed by atoms with E-state index in [1.807, 2.05) is 0 Å². The monoisotopic (exact) mass is 252 g/mol. The molecule has 0 aliphatic rings. The minimum absolute atomic E-state index is 0.244. The Morgan fingerprint density at radius 2 is 2.06 bits per heavy atom. The lowest BCUT2D eigenvalue weighted by Gasteiger charge is -2.22. The fraction of sp³-hybridized carbons (Fsp3) is 0.333. The van der Waals surface area contributed by atoms with Crippen molar-refractivity contribution < 1.29 is 19.4 Å². The Morgan fingerprint density at radius 3 is 2.56 bits per heavy atom. The Hall–Kier alpha value is -2.24. The van der Waals surface area contributed by atoms with Crippen molar-refractivity contribution in [3.8, 4) is 5.75 Å². The normalized spacial score (nSPS) is 11.7. The van der Waals surface area contributed by atoms with Crippen LogP contribution in [0.4, 0.5) is 5.69 Å². The number of benzene rings is 1. The van der Waals surface area contributed by atoms with E-state index in [-0.39, 0.29) is 5.56 Å². The third-order valence-electron chi connectivity index (χ3n) is 2.71. The average Bonchev–Trinajstić information content (AvgIpc) is 2.35. The molecule has 6 heteroatoms. The van der Waals surface area contributed by atoms with Gasteiger partial charge in [-0.15, -0.1) is 0 Å². The lowest BCUT2D eigenvalue weighted by Crippen LogP contribution is -2.40. The molecule has 0 heterocycles. The van der Waals surface area contributed by atoms with E-state index in [1.54, 1.807) is 12.1 Å². The molecule has 0 spiro atoms. The number of nitrogens with two attached hydrogens (primary N) is 1. The molecule has 0 saturated carbocycles. The average molecular weight is 252 g/mol. The number of hydrogen-bond donors (Lipinski definition) is 2. The van der Waals surface area contributed by atoms with Gasteiger partial charge in [0.15, 0.2) is 0 Å². The second-order valence-electron chi connectivity index (χ2n) is 3.89. The zero-order valence-electron chi connectivity index (χ0n) is 10.5. The zero-order valence-corrected chi connectivity index (χ0v) is 10.5. The fourth-order valence-electron chi connectivity index (χ4n) is 1.42. The number of rotatable bonds is 4. The lowest BCUT2D eigenvalue weighted by molar-refractivity contribution is -0.141. The molecule has 1 aromatic carbocycles. The highest BCUT2D eigenvalue weighted by Crippen LogP contribution is 2.23. The highest BCUT2D eigenvalue weighted by Gasteiger charge is 2.24. The first kappa shape index (κ1) is 13.8. The predicted molar refractivity (Wildman–Crippen MR) is 66.6 cm³/mol. The van der Waals surface area contributed by atoms with Gasteiger partial charge < -0.3 is 20.5 Å². The molecule has 1 aromatic rings. The van der Waals surface area contributed by atoms with Crippen molar-refractivity contribution in [2.75, 3.05) is 19.9 Å². The minimum Gasteiger partial charge on any atom is -0.496 e. The molecule has 98 valence electrons. The van der Waals surface area contributed by atoms with E-state index < -0.39 is 17.9 Å². The van der Waals surface area contributed by atoms with E-state index in [9.17, 15) is 9.59 Å². The topological polar surface area (TPSA) is 92.9 Å². The molecule has 0 saturated heterocycles. The quantitative estimate of drug-likeness (QED) is 0.774. The van der Waals surface area contributed by atoms with E-state index in [0.717, 1.165) is 4.90 Å². The number of hydrogen-bond acceptors (Lipinski definition) is 4. The number of nitrogen functional groups attached to an aromatic ring is 1. The van der Waals surface area contributed by atoms with Crippen molar-refractivity contribution in [2.45, 2.75) is 13.0 Å². The number of anilines is 1. The lowest BCUT2D eigenvalue weighted by atomic mass is 10.1. The van der Waals surface area contributed by atoms with Crippen molar-refractivity contribution in [2.24, 2.45) is 0 Å². The predicted octanol–water partition coefficient (Wildman–Crippen LogP) is 0.823. The van der Waals surface area contributed by atoms with Gasteiger partial charge in [0.2, 0.25) is 0 Å². The van der Waals surface area contributed by atoms with Crippen molar-refractivity contribution in [1.82, 2.24) is 4.90 Å². The van der Waals surface area contributed by atoms with Crippen LogP contribution in [-0.4, -0.2) is 42.1 Å². The third kappa shape index (κ3) is 2.71. The van der Waals surface area contributed by atoms with Gasteiger partial charge in [0.05, 0.1) is 12.7 Å². The summed E-state index contributed by atoms with van der Waals surface area (Å²) < 4.78 is 5.06. The Kier molecular flexibility index (Phi) is 4.14. The van der Waals surface area contributed by atoms with Crippen molar-refractivity contribution in [3.63, 3.8) is 0 Å². The number of amides is 1. The summed E-state index contributed by atoms with van der Waals surface area (Å²) in [5.41, 5.74) is 6.27. The Bertz CT molecular complexity index is 473. The van der Waals surface area contributed by atoms with E-state index in [1.165, 1.54) is 27.1 Å². The van der Waals surface area contributed by atoms with Crippen LogP contribution in [0.2, 0.25) is 0 Å². The molecular weight excluding hydrogens is 236 g/mol. The van der Waals surface area contributed by atoms with E-state index in [2.05, 4.69) is 0 Å². The highest BCUT2D eigenvalue weighted by atomic mass is 16.5. The first-order chi connectivity index (χ1) is 8.38. The van der Waals surface area contributed by atoms with Crippen LogP contribution < -0.4 is 10.5 Å². The number of methoxy groups -OCH3 is 1. The first-order valence-corrected chi connectivity index (χ1v) is 5.32. The molecule has 1 amide bonds. The number of carbonyl (C=O) groups excluding carboxylic acids is 1. The van der Waals surface area contributed by atoms with Crippen LogP contribution in [0.15, 0.2) is 18.2 Å². The zero-order chi connectivity index (χ0) is 13.9. The van der Waals surface area contributed by atoms with Gasteiger partial charge in [-0.05, 0) is 25.1 Å². The van der Waals surface area contributed by atoms with Crippen molar-refractivity contribution >= 4 is 17.6 Å². The molecule has 0 aromatic heterocycles. The molecular formula is C12H16N2O4. The van der Waals surface area contributed by atoms with Crippen LogP contribution in [0.25, 0.3) is 0 Å². The summed E-state index contributed by atoms with van der Waals surface area (Å²) in [6.45, 7) is 1.43. The maximum Gasteiger partial charge on any atom is 0.326 e. The van der Waals surface area contributed by atoms with Gasteiger partial charge in [-0.25, -0.2) is 4.79 Å². The SMILES string of the molecule is COc1ccc(N)cc1C(=O)N(C)[C@@H](C)C(=O)O. The Balaban J connectivity index is 3.10. The van der Waals surface area contributed by atoms with E-state index in [0.29, 0.717) is 11.4 Å². The number of aliphatic carboxylic acids is 1. The summed E-state index contributed by atoms with van der Waals surface area (Å²) in [7, 11) is 2.85. The summed E-state index contributed by atoms with van der Waals surface area (Å²) in [6, 6.07) is 3.72. The molecule has 0 fully saturated rings. The number of ether oxygens (including phenoxy) is 1. The molecule has 0 bridgehead atoms. The number of likely N-dealkylation sites (N-methyl/N-ethyl adjacent to an activating group) is 1. The van der Waals surface area contributed by atoms with Gasteiger partial charge in [0.25, 0.3) is 5.91 Å². The smallest absolute Gasteiger partial charge is 0.326 e. The molecule has 0 unspecified atom stereocenters. The van der Waals surface area contributed by atoms with Crippen LogP contribution in [0.5, 0.6) is 5.75 Å². The maximum absolute atomic E-state index is 12.1. The molecule has 1 atom stereocenters. The molecule has 6 nitrogen and oxygen atoms in total.